The number of anilines is 1. The van der Waals surface area contributed by atoms with Crippen molar-refractivity contribution >= 4 is 11.8 Å². The van der Waals surface area contributed by atoms with Gasteiger partial charge in [0.25, 0.3) is 0 Å². The molecule has 0 aliphatic carbocycles. The second kappa shape index (κ2) is 6.28. The molecule has 0 radical (unpaired) electrons. The van der Waals surface area contributed by atoms with Gasteiger partial charge in [0.1, 0.15) is 11.6 Å². The van der Waals surface area contributed by atoms with Crippen molar-refractivity contribution in [2.75, 3.05) is 25.1 Å². The smallest absolute Gasteiger partial charge is 0.309 e. The van der Waals surface area contributed by atoms with Gasteiger partial charge in [0.2, 0.25) is 5.88 Å². The summed E-state index contributed by atoms with van der Waals surface area (Å²) < 4.78 is 5.17. The molecule has 1 aliphatic rings. The van der Waals surface area contributed by atoms with Gasteiger partial charge >= 0.3 is 5.97 Å². The maximum atomic E-state index is 11.6. The summed E-state index contributed by atoms with van der Waals surface area (Å²) in [5, 5.41) is 9.54. The molecule has 0 unspecified atom stereocenters. The zero-order chi connectivity index (χ0) is 15.5. The SMILES string of the molecule is CCCC1(C(=O)O)CCN(c2cc(OC)nc(C)n2)CC1. The predicted molar refractivity (Wildman–Crippen MR) is 79.7 cm³/mol. The highest BCUT2D eigenvalue weighted by Crippen LogP contribution is 2.37. The van der Waals surface area contributed by atoms with Gasteiger partial charge in [-0.3, -0.25) is 4.79 Å². The van der Waals surface area contributed by atoms with Crippen molar-refractivity contribution < 1.29 is 14.6 Å². The molecule has 0 bridgehead atoms. The highest BCUT2D eigenvalue weighted by atomic mass is 16.5. The molecular formula is C15H23N3O3. The minimum absolute atomic E-state index is 0.543. The van der Waals surface area contributed by atoms with E-state index in [1.165, 1.54) is 0 Å². The van der Waals surface area contributed by atoms with Crippen LogP contribution in [-0.2, 0) is 4.79 Å². The summed E-state index contributed by atoms with van der Waals surface area (Å²) >= 11 is 0. The molecule has 1 aromatic rings. The molecule has 116 valence electrons. The number of nitrogens with zero attached hydrogens (tertiary/aromatic N) is 3. The van der Waals surface area contributed by atoms with Gasteiger partial charge in [-0.25, -0.2) is 4.98 Å². The lowest BCUT2D eigenvalue weighted by molar-refractivity contribution is -0.150. The van der Waals surface area contributed by atoms with Crippen LogP contribution in [0.5, 0.6) is 5.88 Å². The van der Waals surface area contributed by atoms with Crippen LogP contribution in [-0.4, -0.2) is 41.2 Å². The van der Waals surface area contributed by atoms with Crippen LogP contribution in [0.1, 0.15) is 38.4 Å². The molecule has 1 aliphatic heterocycles. The predicted octanol–water partition coefficient (Wildman–Crippen LogP) is 2.26. The summed E-state index contributed by atoms with van der Waals surface area (Å²) in [6.45, 7) is 5.27. The Morgan fingerprint density at radius 1 is 1.43 bits per heavy atom. The summed E-state index contributed by atoms with van der Waals surface area (Å²) in [4.78, 5) is 22.3. The van der Waals surface area contributed by atoms with Crippen LogP contribution in [0.3, 0.4) is 0 Å². The maximum Gasteiger partial charge on any atom is 0.309 e. The third-order valence-electron chi connectivity index (χ3n) is 4.24. The number of hydrogen-bond donors (Lipinski definition) is 1. The van der Waals surface area contributed by atoms with Crippen molar-refractivity contribution in [3.8, 4) is 5.88 Å². The third-order valence-corrected chi connectivity index (χ3v) is 4.24. The van der Waals surface area contributed by atoms with Crippen molar-refractivity contribution in [1.82, 2.24) is 9.97 Å². The lowest BCUT2D eigenvalue weighted by atomic mass is 9.75. The summed E-state index contributed by atoms with van der Waals surface area (Å²) in [5.74, 6) is 1.35. The zero-order valence-corrected chi connectivity index (χ0v) is 12.9. The number of methoxy groups -OCH3 is 1. The summed E-state index contributed by atoms with van der Waals surface area (Å²) in [6.07, 6.45) is 2.94. The number of aryl methyl sites for hydroxylation is 1. The number of ether oxygens (including phenoxy) is 1. The first-order valence-electron chi connectivity index (χ1n) is 7.39. The van der Waals surface area contributed by atoms with Gasteiger partial charge in [0.05, 0.1) is 12.5 Å². The molecule has 2 heterocycles. The van der Waals surface area contributed by atoms with Crippen molar-refractivity contribution in [2.24, 2.45) is 5.41 Å². The van der Waals surface area contributed by atoms with E-state index >= 15 is 0 Å². The van der Waals surface area contributed by atoms with E-state index in [0.29, 0.717) is 37.6 Å². The van der Waals surface area contributed by atoms with Crippen molar-refractivity contribution in [3.05, 3.63) is 11.9 Å². The summed E-state index contributed by atoms with van der Waals surface area (Å²) in [5.41, 5.74) is -0.572. The largest absolute Gasteiger partial charge is 0.481 e. The van der Waals surface area contributed by atoms with Gasteiger partial charge in [-0.05, 0) is 26.2 Å². The number of aromatic nitrogens is 2. The summed E-state index contributed by atoms with van der Waals surface area (Å²) in [7, 11) is 1.58. The van der Waals surface area contributed by atoms with Gasteiger partial charge in [-0.2, -0.15) is 4.98 Å². The average Bonchev–Trinajstić information content (AvgIpc) is 2.47. The van der Waals surface area contributed by atoms with Crippen LogP contribution in [0.2, 0.25) is 0 Å². The molecular weight excluding hydrogens is 270 g/mol. The Labute approximate surface area is 125 Å². The molecule has 1 N–H and O–H groups in total. The fraction of sp³-hybridized carbons (Fsp3) is 0.667. The fourth-order valence-corrected chi connectivity index (χ4v) is 3.01. The van der Waals surface area contributed by atoms with E-state index < -0.39 is 11.4 Å². The molecule has 1 aromatic heterocycles. The Morgan fingerprint density at radius 2 is 2.10 bits per heavy atom. The van der Waals surface area contributed by atoms with Crippen LogP contribution in [0.15, 0.2) is 6.07 Å². The van der Waals surface area contributed by atoms with E-state index in [1.807, 2.05) is 13.8 Å². The topological polar surface area (TPSA) is 75.5 Å². The highest BCUT2D eigenvalue weighted by Gasteiger charge is 2.40. The molecule has 0 saturated carbocycles. The van der Waals surface area contributed by atoms with E-state index in [1.54, 1.807) is 13.2 Å². The Kier molecular flexibility index (Phi) is 4.65. The normalized spacial score (nSPS) is 17.6. The number of hydrogen-bond acceptors (Lipinski definition) is 5. The number of aliphatic carboxylic acids is 1. The molecule has 6 heteroatoms. The molecule has 1 fully saturated rings. The molecule has 0 spiro atoms. The molecule has 0 amide bonds. The van der Waals surface area contributed by atoms with Crippen LogP contribution in [0.4, 0.5) is 5.82 Å². The Bertz CT molecular complexity index is 511. The van der Waals surface area contributed by atoms with Gasteiger partial charge in [-0.1, -0.05) is 13.3 Å². The molecule has 6 nitrogen and oxygen atoms in total. The number of rotatable bonds is 5. The van der Waals surface area contributed by atoms with E-state index in [0.717, 1.165) is 18.7 Å². The van der Waals surface area contributed by atoms with Crippen molar-refractivity contribution in [3.63, 3.8) is 0 Å². The first kappa shape index (κ1) is 15.5. The third kappa shape index (κ3) is 3.25. The van der Waals surface area contributed by atoms with Crippen LogP contribution >= 0.6 is 0 Å². The van der Waals surface area contributed by atoms with Crippen LogP contribution < -0.4 is 9.64 Å². The highest BCUT2D eigenvalue weighted by molar-refractivity contribution is 5.75. The average molecular weight is 293 g/mol. The van der Waals surface area contributed by atoms with E-state index in [2.05, 4.69) is 14.9 Å². The standard InChI is InChI=1S/C15H23N3O3/c1-4-5-15(14(19)20)6-8-18(9-7-15)12-10-13(21-3)17-11(2)16-12/h10H,4-9H2,1-3H3,(H,19,20). The molecule has 2 rings (SSSR count). The molecule has 0 atom stereocenters. The number of piperidine rings is 1. The number of carboxylic acids is 1. The minimum Gasteiger partial charge on any atom is -0.481 e. The molecule has 1 saturated heterocycles. The fourth-order valence-electron chi connectivity index (χ4n) is 3.01. The Morgan fingerprint density at radius 3 is 2.62 bits per heavy atom. The maximum absolute atomic E-state index is 11.6. The second-order valence-corrected chi connectivity index (χ2v) is 5.64. The molecule has 0 aromatic carbocycles. The van der Waals surface area contributed by atoms with Gasteiger partial charge in [0.15, 0.2) is 0 Å². The monoisotopic (exact) mass is 293 g/mol. The van der Waals surface area contributed by atoms with Gasteiger partial charge in [0, 0.05) is 19.2 Å². The first-order valence-corrected chi connectivity index (χ1v) is 7.39. The van der Waals surface area contributed by atoms with Crippen LogP contribution in [0.25, 0.3) is 0 Å². The first-order chi connectivity index (χ1) is 10.0. The number of carboxylic acid groups (broad SMARTS) is 1. The lowest BCUT2D eigenvalue weighted by Crippen LogP contribution is -2.44. The summed E-state index contributed by atoms with van der Waals surface area (Å²) in [6, 6.07) is 1.81. The lowest BCUT2D eigenvalue weighted by Gasteiger charge is -2.39. The van der Waals surface area contributed by atoms with Gasteiger partial charge in [-0.15, -0.1) is 0 Å². The zero-order valence-electron chi connectivity index (χ0n) is 12.9. The second-order valence-electron chi connectivity index (χ2n) is 5.64. The number of carbonyl (C=O) groups is 1. The van der Waals surface area contributed by atoms with E-state index in [4.69, 9.17) is 4.74 Å². The Hall–Kier alpha value is -1.85. The molecule has 21 heavy (non-hydrogen) atoms. The van der Waals surface area contributed by atoms with E-state index in [9.17, 15) is 9.90 Å². The van der Waals surface area contributed by atoms with Crippen molar-refractivity contribution in [2.45, 2.75) is 39.5 Å². The van der Waals surface area contributed by atoms with Gasteiger partial charge < -0.3 is 14.7 Å². The quantitative estimate of drug-likeness (QED) is 0.897. The van der Waals surface area contributed by atoms with Crippen LogP contribution in [0, 0.1) is 12.3 Å². The van der Waals surface area contributed by atoms with E-state index in [-0.39, 0.29) is 0 Å². The Balaban J connectivity index is 2.13. The minimum atomic E-state index is -0.666. The van der Waals surface area contributed by atoms with Crippen molar-refractivity contribution in [1.29, 1.82) is 0 Å².